The summed E-state index contributed by atoms with van der Waals surface area (Å²) >= 11 is 0. The van der Waals surface area contributed by atoms with Gasteiger partial charge in [0.15, 0.2) is 0 Å². The van der Waals surface area contributed by atoms with Gasteiger partial charge in [-0.05, 0) is 62.8 Å². The summed E-state index contributed by atoms with van der Waals surface area (Å²) in [6.45, 7) is 11.6. The SMILES string of the molecule is C=CC1CCN(OC(=O)c2cc3c(N(C)c4ccc(CC)cc4)ncnc3c(C)c2OCC)CC1. The lowest BCUT2D eigenvalue weighted by atomic mass is 9.98. The molecule has 1 aliphatic rings. The molecule has 0 radical (unpaired) electrons. The largest absolute Gasteiger partial charge is 0.493 e. The fourth-order valence-electron chi connectivity index (χ4n) is 4.53. The van der Waals surface area contributed by atoms with Crippen LogP contribution in [-0.2, 0) is 11.3 Å². The lowest BCUT2D eigenvalue weighted by Gasteiger charge is -2.29. The molecule has 0 atom stereocenters. The first-order valence-corrected chi connectivity index (χ1v) is 12.3. The molecule has 1 fully saturated rings. The van der Waals surface area contributed by atoms with E-state index < -0.39 is 5.97 Å². The molecule has 1 aromatic heterocycles. The van der Waals surface area contributed by atoms with Gasteiger partial charge < -0.3 is 14.5 Å². The van der Waals surface area contributed by atoms with Crippen LogP contribution in [-0.4, -0.2) is 47.7 Å². The van der Waals surface area contributed by atoms with E-state index in [1.807, 2.05) is 31.9 Å². The van der Waals surface area contributed by atoms with Crippen LogP contribution in [0.15, 0.2) is 49.3 Å². The number of carbonyl (C=O) groups excluding carboxylic acids is 1. The Balaban J connectivity index is 1.73. The summed E-state index contributed by atoms with van der Waals surface area (Å²) in [5.74, 6) is 1.26. The molecule has 0 aliphatic carbocycles. The van der Waals surface area contributed by atoms with Gasteiger partial charge in [-0.25, -0.2) is 14.8 Å². The predicted molar refractivity (Wildman–Crippen MR) is 139 cm³/mol. The van der Waals surface area contributed by atoms with Crippen molar-refractivity contribution in [2.45, 2.75) is 40.0 Å². The van der Waals surface area contributed by atoms with Crippen LogP contribution in [0.2, 0.25) is 0 Å². The quantitative estimate of drug-likeness (QED) is 0.392. The fourth-order valence-corrected chi connectivity index (χ4v) is 4.53. The van der Waals surface area contributed by atoms with Crippen LogP contribution in [0.5, 0.6) is 5.75 Å². The number of allylic oxidation sites excluding steroid dienone is 1. The summed E-state index contributed by atoms with van der Waals surface area (Å²) in [5, 5.41) is 2.51. The fraction of sp³-hybridized carbons (Fsp3) is 0.393. The van der Waals surface area contributed by atoms with Gasteiger partial charge in [-0.1, -0.05) is 25.1 Å². The maximum Gasteiger partial charge on any atom is 0.360 e. The molecule has 0 amide bonds. The summed E-state index contributed by atoms with van der Waals surface area (Å²) in [5.41, 5.74) is 4.20. The van der Waals surface area contributed by atoms with Crippen molar-refractivity contribution in [1.82, 2.24) is 15.0 Å². The van der Waals surface area contributed by atoms with E-state index in [2.05, 4.69) is 47.7 Å². The standard InChI is InChI=1S/C28H34N4O3/c1-6-20-9-11-22(12-10-20)31(5)27-23-17-24(26(34-8-3)19(4)25(23)29-18-30-27)28(33)35-32-15-13-21(7-2)14-16-32/h7,9-12,17-18,21H,2,6,8,13-16H2,1,3-5H3. The van der Waals surface area contributed by atoms with E-state index in [9.17, 15) is 4.79 Å². The molecule has 2 heterocycles. The van der Waals surface area contributed by atoms with Crippen molar-refractivity contribution in [3.63, 3.8) is 0 Å². The molecule has 35 heavy (non-hydrogen) atoms. The summed E-state index contributed by atoms with van der Waals surface area (Å²) in [6.07, 6.45) is 6.36. The Morgan fingerprint density at radius 3 is 2.54 bits per heavy atom. The number of hydrogen-bond acceptors (Lipinski definition) is 7. The molecule has 0 unspecified atom stereocenters. The molecule has 0 bridgehead atoms. The average Bonchev–Trinajstić information content (AvgIpc) is 2.90. The molecule has 0 saturated carbocycles. The lowest BCUT2D eigenvalue weighted by Crippen LogP contribution is -2.35. The molecule has 7 nitrogen and oxygen atoms in total. The average molecular weight is 475 g/mol. The van der Waals surface area contributed by atoms with E-state index in [4.69, 9.17) is 9.57 Å². The van der Waals surface area contributed by atoms with Gasteiger partial charge in [0.25, 0.3) is 0 Å². The minimum Gasteiger partial charge on any atom is -0.493 e. The third-order valence-corrected chi connectivity index (χ3v) is 6.69. The minimum atomic E-state index is -0.430. The number of aryl methyl sites for hydroxylation is 2. The number of anilines is 2. The summed E-state index contributed by atoms with van der Waals surface area (Å²) < 4.78 is 5.92. The van der Waals surface area contributed by atoms with E-state index in [0.717, 1.165) is 41.4 Å². The van der Waals surface area contributed by atoms with Gasteiger partial charge in [-0.3, -0.25) is 0 Å². The first-order valence-electron chi connectivity index (χ1n) is 12.3. The van der Waals surface area contributed by atoms with E-state index in [1.165, 1.54) is 5.56 Å². The lowest BCUT2D eigenvalue weighted by molar-refractivity contribution is -0.123. The molecular formula is C28H34N4O3. The van der Waals surface area contributed by atoms with Crippen LogP contribution >= 0.6 is 0 Å². The van der Waals surface area contributed by atoms with Crippen LogP contribution in [0.1, 0.15) is 48.2 Å². The highest BCUT2D eigenvalue weighted by molar-refractivity contribution is 6.03. The van der Waals surface area contributed by atoms with Gasteiger partial charge in [-0.2, -0.15) is 0 Å². The molecule has 2 aromatic carbocycles. The number of piperidine rings is 1. The van der Waals surface area contributed by atoms with Crippen molar-refractivity contribution in [3.05, 3.63) is 66.0 Å². The first kappa shape index (κ1) is 24.7. The number of benzene rings is 2. The van der Waals surface area contributed by atoms with Crippen LogP contribution in [0, 0.1) is 12.8 Å². The number of ether oxygens (including phenoxy) is 1. The number of hydrogen-bond donors (Lipinski definition) is 0. The Labute approximate surface area is 207 Å². The zero-order valence-electron chi connectivity index (χ0n) is 21.1. The maximum absolute atomic E-state index is 13.4. The van der Waals surface area contributed by atoms with Crippen molar-refractivity contribution >= 4 is 28.4 Å². The molecule has 3 aromatic rings. The van der Waals surface area contributed by atoms with Crippen molar-refractivity contribution in [2.24, 2.45) is 5.92 Å². The van der Waals surface area contributed by atoms with Crippen molar-refractivity contribution in [2.75, 3.05) is 31.6 Å². The number of fused-ring (bicyclic) bond motifs is 1. The smallest absolute Gasteiger partial charge is 0.360 e. The summed E-state index contributed by atoms with van der Waals surface area (Å²) in [4.78, 5) is 30.3. The van der Waals surface area contributed by atoms with E-state index >= 15 is 0 Å². The van der Waals surface area contributed by atoms with Gasteiger partial charge >= 0.3 is 5.97 Å². The van der Waals surface area contributed by atoms with Crippen molar-refractivity contribution in [1.29, 1.82) is 0 Å². The van der Waals surface area contributed by atoms with Gasteiger partial charge in [-0.15, -0.1) is 11.6 Å². The summed E-state index contributed by atoms with van der Waals surface area (Å²) in [7, 11) is 1.97. The number of carbonyl (C=O) groups is 1. The number of hydroxylamine groups is 2. The number of nitrogens with zero attached hydrogens (tertiary/aromatic N) is 4. The van der Waals surface area contributed by atoms with E-state index in [0.29, 0.717) is 42.7 Å². The van der Waals surface area contributed by atoms with Gasteiger partial charge in [0.2, 0.25) is 0 Å². The van der Waals surface area contributed by atoms with Crippen molar-refractivity contribution < 1.29 is 14.4 Å². The second-order valence-electron chi connectivity index (χ2n) is 8.86. The molecule has 1 saturated heterocycles. The molecule has 0 spiro atoms. The van der Waals surface area contributed by atoms with Crippen molar-refractivity contribution in [3.8, 4) is 5.75 Å². The van der Waals surface area contributed by atoms with E-state index in [-0.39, 0.29) is 0 Å². The van der Waals surface area contributed by atoms with Crippen LogP contribution in [0.4, 0.5) is 11.5 Å². The van der Waals surface area contributed by atoms with Gasteiger partial charge in [0.1, 0.15) is 23.5 Å². The van der Waals surface area contributed by atoms with Crippen LogP contribution in [0.3, 0.4) is 0 Å². The zero-order chi connectivity index (χ0) is 24.9. The summed E-state index contributed by atoms with van der Waals surface area (Å²) in [6, 6.07) is 10.2. The zero-order valence-corrected chi connectivity index (χ0v) is 21.1. The number of rotatable bonds is 8. The van der Waals surface area contributed by atoms with Gasteiger partial charge in [0.05, 0.1) is 12.1 Å². The third-order valence-electron chi connectivity index (χ3n) is 6.69. The topological polar surface area (TPSA) is 67.8 Å². The molecule has 7 heteroatoms. The Morgan fingerprint density at radius 1 is 1.20 bits per heavy atom. The molecular weight excluding hydrogens is 440 g/mol. The normalized spacial score (nSPS) is 14.6. The van der Waals surface area contributed by atoms with Crippen LogP contribution < -0.4 is 9.64 Å². The Bertz CT molecular complexity index is 1200. The van der Waals surface area contributed by atoms with E-state index in [1.54, 1.807) is 17.5 Å². The second kappa shape index (κ2) is 10.9. The molecule has 0 N–H and O–H groups in total. The van der Waals surface area contributed by atoms with Crippen LogP contribution in [0.25, 0.3) is 10.9 Å². The Kier molecular flexibility index (Phi) is 7.66. The third kappa shape index (κ3) is 5.15. The maximum atomic E-state index is 13.4. The number of aromatic nitrogens is 2. The molecule has 1 aliphatic heterocycles. The Hall–Kier alpha value is -3.45. The highest BCUT2D eigenvalue weighted by Gasteiger charge is 2.26. The minimum absolute atomic E-state index is 0.383. The monoisotopic (exact) mass is 474 g/mol. The highest BCUT2D eigenvalue weighted by Crippen LogP contribution is 2.36. The molecule has 184 valence electrons. The highest BCUT2D eigenvalue weighted by atomic mass is 16.7. The van der Waals surface area contributed by atoms with Gasteiger partial charge in [0, 0.05) is 36.8 Å². The molecule has 4 rings (SSSR count). The Morgan fingerprint density at radius 2 is 1.91 bits per heavy atom. The predicted octanol–water partition coefficient (Wildman–Crippen LogP) is 5.64. The second-order valence-corrected chi connectivity index (χ2v) is 8.86. The first-order chi connectivity index (χ1) is 17.0.